The average Bonchev–Trinajstić information content (AvgIpc) is 2.76. The van der Waals surface area contributed by atoms with Gasteiger partial charge < -0.3 is 5.32 Å². The first-order chi connectivity index (χ1) is 7.79. The fourth-order valence-corrected chi connectivity index (χ4v) is 1.93. The molecule has 2 heterocycles. The Labute approximate surface area is 112 Å². The summed E-state index contributed by atoms with van der Waals surface area (Å²) in [6.07, 6.45) is 1.83. The zero-order chi connectivity index (χ0) is 11.4. The Bertz CT molecular complexity index is 369. The predicted molar refractivity (Wildman–Crippen MR) is 68.5 cm³/mol. The summed E-state index contributed by atoms with van der Waals surface area (Å²) >= 11 is 5.39. The summed E-state index contributed by atoms with van der Waals surface area (Å²) in [5.74, 6) is -0.0732. The van der Waals surface area contributed by atoms with Crippen LogP contribution in [-0.4, -0.2) is 46.1 Å². The third-order valence-corrected chi connectivity index (χ3v) is 2.93. The van der Waals surface area contributed by atoms with Gasteiger partial charge in [0.15, 0.2) is 0 Å². The number of amides is 1. The number of aromatic nitrogens is 2. The zero-order valence-corrected chi connectivity index (χ0v) is 11.0. The summed E-state index contributed by atoms with van der Waals surface area (Å²) in [5.41, 5.74) is 1.23. The minimum Gasteiger partial charge on any atom is -0.354 e. The van der Waals surface area contributed by atoms with E-state index in [2.05, 4.69) is 15.3 Å². The van der Waals surface area contributed by atoms with Gasteiger partial charge in [-0.1, -0.05) is 0 Å². The molecule has 7 heteroatoms. The van der Waals surface area contributed by atoms with Crippen LogP contribution < -0.4 is 5.32 Å². The van der Waals surface area contributed by atoms with Gasteiger partial charge in [0, 0.05) is 32.4 Å². The van der Waals surface area contributed by atoms with Gasteiger partial charge in [0.05, 0.1) is 12.2 Å². The molecule has 0 unspecified atom stereocenters. The second-order valence-corrected chi connectivity index (χ2v) is 4.07. The molecule has 0 aliphatic carbocycles. The average molecular weight is 279 g/mol. The molecule has 1 aliphatic heterocycles. The van der Waals surface area contributed by atoms with Crippen LogP contribution in [0.3, 0.4) is 0 Å². The van der Waals surface area contributed by atoms with Crippen molar-refractivity contribution in [1.82, 2.24) is 20.0 Å². The van der Waals surface area contributed by atoms with Gasteiger partial charge >= 0.3 is 0 Å². The summed E-state index contributed by atoms with van der Waals surface area (Å²) in [4.78, 5) is 13.2. The van der Waals surface area contributed by atoms with E-state index in [4.69, 9.17) is 11.6 Å². The maximum Gasteiger partial charge on any atom is 0.234 e. The number of nitrogens with zero attached hydrogens (tertiary/aromatic N) is 3. The summed E-state index contributed by atoms with van der Waals surface area (Å²) in [6, 6.07) is 2.03. The number of carbonyl (C=O) groups is 1. The molecule has 1 aromatic heterocycles. The monoisotopic (exact) mass is 278 g/mol. The SMILES string of the molecule is Cl.O=C(CCl)NCCN1CCn2nccc2C1. The number of hydrogen-bond acceptors (Lipinski definition) is 3. The van der Waals surface area contributed by atoms with Crippen molar-refractivity contribution >= 4 is 29.9 Å². The highest BCUT2D eigenvalue weighted by atomic mass is 35.5. The number of fused-ring (bicyclic) bond motifs is 1. The molecule has 0 saturated heterocycles. The number of nitrogens with one attached hydrogen (secondary N) is 1. The number of rotatable bonds is 4. The van der Waals surface area contributed by atoms with Crippen LogP contribution in [0.25, 0.3) is 0 Å². The molecular formula is C10H16Cl2N4O. The third-order valence-electron chi connectivity index (χ3n) is 2.69. The summed E-state index contributed by atoms with van der Waals surface area (Å²) in [7, 11) is 0. The van der Waals surface area contributed by atoms with E-state index in [1.165, 1.54) is 5.69 Å². The lowest BCUT2D eigenvalue weighted by atomic mass is 10.3. The van der Waals surface area contributed by atoms with Crippen LogP contribution in [0.4, 0.5) is 0 Å². The molecule has 1 aliphatic rings. The van der Waals surface area contributed by atoms with Crippen LogP contribution in [0.15, 0.2) is 12.3 Å². The van der Waals surface area contributed by atoms with Gasteiger partial charge in [-0.25, -0.2) is 0 Å². The van der Waals surface area contributed by atoms with E-state index in [0.29, 0.717) is 6.54 Å². The molecule has 17 heavy (non-hydrogen) atoms. The molecule has 1 aromatic rings. The first kappa shape index (κ1) is 14.3. The first-order valence-corrected chi connectivity index (χ1v) is 5.89. The van der Waals surface area contributed by atoms with E-state index in [1.54, 1.807) is 0 Å². The first-order valence-electron chi connectivity index (χ1n) is 5.35. The summed E-state index contributed by atoms with van der Waals surface area (Å²) < 4.78 is 2.02. The molecule has 0 radical (unpaired) electrons. The fraction of sp³-hybridized carbons (Fsp3) is 0.600. The van der Waals surface area contributed by atoms with E-state index in [9.17, 15) is 4.79 Å². The van der Waals surface area contributed by atoms with Crippen molar-refractivity contribution in [3.8, 4) is 0 Å². The highest BCUT2D eigenvalue weighted by Gasteiger charge is 2.15. The number of alkyl halides is 1. The Morgan fingerprint density at radius 3 is 3.12 bits per heavy atom. The molecule has 0 bridgehead atoms. The Morgan fingerprint density at radius 1 is 1.53 bits per heavy atom. The van der Waals surface area contributed by atoms with E-state index in [-0.39, 0.29) is 24.2 Å². The standard InChI is InChI=1S/C10H15ClN4O.ClH/c11-7-10(16)12-3-4-14-5-6-15-9(8-14)1-2-13-15;/h1-2H,3-8H2,(H,12,16);1H. The third kappa shape index (κ3) is 3.87. The molecule has 96 valence electrons. The van der Waals surface area contributed by atoms with Crippen molar-refractivity contribution in [3.63, 3.8) is 0 Å². The summed E-state index contributed by atoms with van der Waals surface area (Å²) in [6.45, 7) is 4.31. The number of hydrogen-bond donors (Lipinski definition) is 1. The molecular weight excluding hydrogens is 263 g/mol. The lowest BCUT2D eigenvalue weighted by Crippen LogP contribution is -2.39. The normalized spacial score (nSPS) is 14.9. The predicted octanol–water partition coefficient (Wildman–Crippen LogP) is 0.475. The molecule has 5 nitrogen and oxygen atoms in total. The maximum atomic E-state index is 10.9. The zero-order valence-electron chi connectivity index (χ0n) is 9.43. The van der Waals surface area contributed by atoms with Gasteiger partial charge in [0.1, 0.15) is 5.88 Å². The molecule has 0 aromatic carbocycles. The van der Waals surface area contributed by atoms with Crippen LogP contribution in [0, 0.1) is 0 Å². The molecule has 0 saturated carbocycles. The van der Waals surface area contributed by atoms with Gasteiger partial charge in [-0.05, 0) is 6.07 Å². The molecule has 1 amide bonds. The fourth-order valence-electron chi connectivity index (χ4n) is 1.83. The van der Waals surface area contributed by atoms with Crippen molar-refractivity contribution in [2.75, 3.05) is 25.5 Å². The summed E-state index contributed by atoms with van der Waals surface area (Å²) in [5, 5.41) is 6.98. The molecule has 1 N–H and O–H groups in total. The minimum atomic E-state index is -0.108. The molecule has 0 atom stereocenters. The topological polar surface area (TPSA) is 50.2 Å². The molecule has 0 fully saturated rings. The lowest BCUT2D eigenvalue weighted by Gasteiger charge is -2.27. The van der Waals surface area contributed by atoms with Crippen molar-refractivity contribution in [2.45, 2.75) is 13.1 Å². The van der Waals surface area contributed by atoms with E-state index < -0.39 is 0 Å². The van der Waals surface area contributed by atoms with Crippen molar-refractivity contribution < 1.29 is 4.79 Å². The highest BCUT2D eigenvalue weighted by molar-refractivity contribution is 6.27. The van der Waals surface area contributed by atoms with Crippen molar-refractivity contribution in [3.05, 3.63) is 18.0 Å². The minimum absolute atomic E-state index is 0. The Kier molecular flexibility index (Phi) is 5.74. The lowest BCUT2D eigenvalue weighted by molar-refractivity contribution is -0.118. The van der Waals surface area contributed by atoms with E-state index in [0.717, 1.165) is 26.2 Å². The van der Waals surface area contributed by atoms with Gasteiger partial charge in [-0.3, -0.25) is 14.4 Å². The van der Waals surface area contributed by atoms with Crippen molar-refractivity contribution in [1.29, 1.82) is 0 Å². The van der Waals surface area contributed by atoms with Crippen LogP contribution in [-0.2, 0) is 17.9 Å². The molecule has 0 spiro atoms. The van der Waals surface area contributed by atoms with E-state index >= 15 is 0 Å². The second-order valence-electron chi connectivity index (χ2n) is 3.81. The Balaban J connectivity index is 0.00000144. The maximum absolute atomic E-state index is 10.9. The highest BCUT2D eigenvalue weighted by Crippen LogP contribution is 2.09. The van der Waals surface area contributed by atoms with Gasteiger partial charge in [-0.15, -0.1) is 24.0 Å². The second kappa shape index (κ2) is 6.83. The Morgan fingerprint density at radius 2 is 2.35 bits per heavy atom. The van der Waals surface area contributed by atoms with Gasteiger partial charge in [0.25, 0.3) is 0 Å². The van der Waals surface area contributed by atoms with Crippen LogP contribution >= 0.6 is 24.0 Å². The number of carbonyl (C=O) groups excluding carboxylic acids is 1. The van der Waals surface area contributed by atoms with Crippen LogP contribution in [0.5, 0.6) is 0 Å². The Hall–Kier alpha value is -0.780. The molecule has 2 rings (SSSR count). The van der Waals surface area contributed by atoms with Gasteiger partial charge in [-0.2, -0.15) is 5.10 Å². The van der Waals surface area contributed by atoms with Crippen LogP contribution in [0.1, 0.15) is 5.69 Å². The van der Waals surface area contributed by atoms with Crippen molar-refractivity contribution in [2.24, 2.45) is 0 Å². The largest absolute Gasteiger partial charge is 0.354 e. The van der Waals surface area contributed by atoms with E-state index in [1.807, 2.05) is 16.9 Å². The smallest absolute Gasteiger partial charge is 0.234 e. The van der Waals surface area contributed by atoms with Gasteiger partial charge in [0.2, 0.25) is 5.91 Å². The van der Waals surface area contributed by atoms with Crippen LogP contribution in [0.2, 0.25) is 0 Å². The number of halogens is 2. The quantitative estimate of drug-likeness (QED) is 0.815.